The molecule has 140 valence electrons. The number of ether oxygens (including phenoxy) is 1. The van der Waals surface area contributed by atoms with Gasteiger partial charge in [-0.3, -0.25) is 9.36 Å². The lowest BCUT2D eigenvalue weighted by Crippen LogP contribution is -2.24. The van der Waals surface area contributed by atoms with Crippen LogP contribution in [0.1, 0.15) is 12.0 Å². The van der Waals surface area contributed by atoms with E-state index in [0.717, 1.165) is 24.2 Å². The predicted octanol–water partition coefficient (Wildman–Crippen LogP) is 4.70. The maximum atomic E-state index is 13.2. The molecule has 0 bridgehead atoms. The molecule has 28 heavy (non-hydrogen) atoms. The van der Waals surface area contributed by atoms with Crippen LogP contribution in [0.2, 0.25) is 0 Å². The van der Waals surface area contributed by atoms with E-state index in [1.54, 1.807) is 11.7 Å². The highest BCUT2D eigenvalue weighted by atomic mass is 16.5. The molecule has 1 aromatic heterocycles. The number of aromatic nitrogens is 2. The average Bonchev–Trinajstić information content (AvgIpc) is 2.76. The van der Waals surface area contributed by atoms with E-state index < -0.39 is 0 Å². The molecule has 0 fully saturated rings. The van der Waals surface area contributed by atoms with Crippen LogP contribution < -0.4 is 10.3 Å². The molecule has 4 nitrogen and oxygen atoms in total. The van der Waals surface area contributed by atoms with Crippen molar-refractivity contribution in [1.29, 1.82) is 0 Å². The molecule has 0 saturated carbocycles. The Morgan fingerprint density at radius 1 is 0.929 bits per heavy atom. The van der Waals surface area contributed by atoms with Gasteiger partial charge in [0.25, 0.3) is 5.56 Å². The molecule has 0 saturated heterocycles. The molecule has 3 aromatic carbocycles. The van der Waals surface area contributed by atoms with E-state index in [1.807, 2.05) is 66.7 Å². The Labute approximate surface area is 164 Å². The molecule has 4 rings (SSSR count). The maximum Gasteiger partial charge on any atom is 0.261 e. The van der Waals surface area contributed by atoms with Gasteiger partial charge in [0.05, 0.1) is 18.0 Å². The third-order valence-corrected chi connectivity index (χ3v) is 4.88. The highest BCUT2D eigenvalue weighted by Gasteiger charge is 2.13. The quantitative estimate of drug-likeness (QED) is 0.494. The second-order valence-electron chi connectivity index (χ2n) is 6.73. The van der Waals surface area contributed by atoms with Gasteiger partial charge in [0, 0.05) is 12.1 Å². The summed E-state index contributed by atoms with van der Waals surface area (Å²) in [7, 11) is 1.64. The summed E-state index contributed by atoms with van der Waals surface area (Å²) in [6.07, 6.45) is 1.78. The molecule has 0 N–H and O–H groups in total. The van der Waals surface area contributed by atoms with Crippen LogP contribution in [0.15, 0.2) is 83.7 Å². The Bertz CT molecular complexity index is 1150. The average molecular weight is 370 g/mol. The zero-order valence-electron chi connectivity index (χ0n) is 15.8. The number of methoxy groups -OCH3 is 1. The van der Waals surface area contributed by atoms with Crippen molar-refractivity contribution in [3.8, 4) is 17.1 Å². The van der Waals surface area contributed by atoms with E-state index in [0.29, 0.717) is 23.3 Å². The number of benzene rings is 3. The monoisotopic (exact) mass is 370 g/mol. The Morgan fingerprint density at radius 2 is 1.71 bits per heavy atom. The van der Waals surface area contributed by atoms with Crippen LogP contribution in [0.4, 0.5) is 0 Å². The molecule has 0 unspecified atom stereocenters. The summed E-state index contributed by atoms with van der Waals surface area (Å²) in [6, 6.07) is 25.5. The minimum Gasteiger partial charge on any atom is -0.497 e. The second kappa shape index (κ2) is 8.09. The third kappa shape index (κ3) is 3.67. The molecule has 0 amide bonds. The van der Waals surface area contributed by atoms with E-state index in [1.165, 1.54) is 5.56 Å². The first-order valence-electron chi connectivity index (χ1n) is 9.44. The summed E-state index contributed by atoms with van der Waals surface area (Å²) in [5.41, 5.74) is 2.86. The zero-order valence-corrected chi connectivity index (χ0v) is 15.8. The summed E-state index contributed by atoms with van der Waals surface area (Å²) in [4.78, 5) is 18.0. The van der Waals surface area contributed by atoms with Crippen LogP contribution in [-0.4, -0.2) is 16.7 Å². The van der Waals surface area contributed by atoms with Gasteiger partial charge in [-0.2, -0.15) is 0 Å². The molecule has 4 heteroatoms. The van der Waals surface area contributed by atoms with Crippen LogP contribution in [0.25, 0.3) is 22.3 Å². The molecule has 0 aliphatic heterocycles. The minimum absolute atomic E-state index is 0.00326. The fraction of sp³-hybridized carbons (Fsp3) is 0.167. The van der Waals surface area contributed by atoms with Crippen molar-refractivity contribution in [2.75, 3.05) is 7.11 Å². The van der Waals surface area contributed by atoms with Gasteiger partial charge in [-0.15, -0.1) is 0 Å². The Hall–Kier alpha value is -3.40. The van der Waals surface area contributed by atoms with Gasteiger partial charge in [-0.25, -0.2) is 4.98 Å². The first-order valence-corrected chi connectivity index (χ1v) is 9.44. The first kappa shape index (κ1) is 18.0. The van der Waals surface area contributed by atoms with Gasteiger partial charge >= 0.3 is 0 Å². The molecule has 1 heterocycles. The van der Waals surface area contributed by atoms with Crippen LogP contribution >= 0.6 is 0 Å². The largest absolute Gasteiger partial charge is 0.497 e. The molecule has 4 aromatic rings. The van der Waals surface area contributed by atoms with Crippen LogP contribution in [0.5, 0.6) is 5.75 Å². The number of rotatable bonds is 6. The smallest absolute Gasteiger partial charge is 0.261 e. The van der Waals surface area contributed by atoms with Crippen molar-refractivity contribution in [2.24, 2.45) is 0 Å². The van der Waals surface area contributed by atoms with E-state index in [9.17, 15) is 4.79 Å². The lowest BCUT2D eigenvalue weighted by atomic mass is 10.1. The van der Waals surface area contributed by atoms with E-state index in [-0.39, 0.29) is 5.56 Å². The zero-order chi connectivity index (χ0) is 19.3. The first-order chi connectivity index (χ1) is 13.8. The van der Waals surface area contributed by atoms with Crippen LogP contribution in [0, 0.1) is 0 Å². The highest BCUT2D eigenvalue weighted by Crippen LogP contribution is 2.23. The SMILES string of the molecule is COc1cccc(-c2nc3ccccc3c(=O)n2CCCc2ccccc2)c1. The molecular weight excluding hydrogens is 348 g/mol. The molecule has 0 radical (unpaired) electrons. The molecule has 0 aliphatic carbocycles. The molecule has 0 aliphatic rings. The number of nitrogens with zero attached hydrogens (tertiary/aromatic N) is 2. The number of hydrogen-bond acceptors (Lipinski definition) is 3. The lowest BCUT2D eigenvalue weighted by Gasteiger charge is -2.14. The minimum atomic E-state index is -0.00326. The van der Waals surface area contributed by atoms with E-state index >= 15 is 0 Å². The summed E-state index contributed by atoms with van der Waals surface area (Å²) in [5.74, 6) is 1.42. The van der Waals surface area contributed by atoms with Crippen molar-refractivity contribution in [1.82, 2.24) is 9.55 Å². The van der Waals surface area contributed by atoms with Gasteiger partial charge in [0.1, 0.15) is 11.6 Å². The third-order valence-electron chi connectivity index (χ3n) is 4.88. The summed E-state index contributed by atoms with van der Waals surface area (Å²) in [5, 5.41) is 0.647. The van der Waals surface area contributed by atoms with Crippen molar-refractivity contribution >= 4 is 10.9 Å². The highest BCUT2D eigenvalue weighted by molar-refractivity contribution is 5.79. The number of hydrogen-bond donors (Lipinski definition) is 0. The van der Waals surface area contributed by atoms with Gasteiger partial charge in [0.15, 0.2) is 0 Å². The number of para-hydroxylation sites is 1. The predicted molar refractivity (Wildman–Crippen MR) is 113 cm³/mol. The van der Waals surface area contributed by atoms with Crippen molar-refractivity contribution in [3.05, 3.63) is 94.8 Å². The number of aryl methyl sites for hydroxylation is 1. The van der Waals surface area contributed by atoms with Crippen LogP contribution in [-0.2, 0) is 13.0 Å². The maximum absolute atomic E-state index is 13.2. The standard InChI is InChI=1S/C24H22N2O2/c1-28-20-13-7-12-19(17-20)23-25-22-15-6-5-14-21(22)24(27)26(23)16-8-11-18-9-3-2-4-10-18/h2-7,9-10,12-15,17H,8,11,16H2,1H3. The molecular formula is C24H22N2O2. The fourth-order valence-electron chi connectivity index (χ4n) is 3.44. The van der Waals surface area contributed by atoms with E-state index in [2.05, 4.69) is 12.1 Å². The van der Waals surface area contributed by atoms with Crippen molar-refractivity contribution in [3.63, 3.8) is 0 Å². The van der Waals surface area contributed by atoms with Gasteiger partial charge in [-0.1, -0.05) is 54.6 Å². The second-order valence-corrected chi connectivity index (χ2v) is 6.73. The number of fused-ring (bicyclic) bond motifs is 1. The lowest BCUT2D eigenvalue weighted by molar-refractivity contribution is 0.415. The molecule has 0 atom stereocenters. The van der Waals surface area contributed by atoms with Crippen molar-refractivity contribution < 1.29 is 4.74 Å². The Balaban J connectivity index is 1.76. The van der Waals surface area contributed by atoms with Gasteiger partial charge < -0.3 is 4.74 Å². The van der Waals surface area contributed by atoms with Crippen molar-refractivity contribution in [2.45, 2.75) is 19.4 Å². The summed E-state index contributed by atoms with van der Waals surface area (Å²) >= 11 is 0. The Kier molecular flexibility index (Phi) is 5.20. The van der Waals surface area contributed by atoms with E-state index in [4.69, 9.17) is 9.72 Å². The summed E-state index contributed by atoms with van der Waals surface area (Å²) in [6.45, 7) is 0.609. The Morgan fingerprint density at radius 3 is 2.54 bits per heavy atom. The summed E-state index contributed by atoms with van der Waals surface area (Å²) < 4.78 is 7.15. The van der Waals surface area contributed by atoms with Gasteiger partial charge in [-0.05, 0) is 42.7 Å². The van der Waals surface area contributed by atoms with Gasteiger partial charge in [0.2, 0.25) is 0 Å². The normalized spacial score (nSPS) is 10.9. The fourth-order valence-corrected chi connectivity index (χ4v) is 3.44. The molecule has 0 spiro atoms. The van der Waals surface area contributed by atoms with Crippen LogP contribution in [0.3, 0.4) is 0 Å². The topological polar surface area (TPSA) is 44.1 Å².